The molecule has 5 rings (SSSR count). The first-order valence-corrected chi connectivity index (χ1v) is 11.1. The van der Waals surface area contributed by atoms with Crippen molar-refractivity contribution >= 4 is 22.3 Å². The Kier molecular flexibility index (Phi) is 5.28. The van der Waals surface area contributed by atoms with E-state index in [9.17, 15) is 5.11 Å². The molecule has 0 bridgehead atoms. The minimum atomic E-state index is 0.00487. The number of phenols is 1. The lowest BCUT2D eigenvalue weighted by molar-refractivity contribution is 0.150. The molecule has 1 atom stereocenters. The van der Waals surface area contributed by atoms with E-state index in [1.54, 1.807) is 6.07 Å². The quantitative estimate of drug-likeness (QED) is 0.656. The summed E-state index contributed by atoms with van der Waals surface area (Å²) in [5, 5.41) is 12.4. The average Bonchev–Trinajstić information content (AvgIpc) is 3.25. The first-order valence-electron chi connectivity index (χ1n) is 11.1. The number of nitrogens with zero attached hydrogens (tertiary/aromatic N) is 4. The normalized spacial score (nSPS) is 17.6. The van der Waals surface area contributed by atoms with Gasteiger partial charge in [-0.3, -0.25) is 4.90 Å². The van der Waals surface area contributed by atoms with Crippen LogP contribution < -0.4 is 15.4 Å². The third-order valence-corrected chi connectivity index (χ3v) is 6.26. The maximum atomic E-state index is 10.2. The maximum Gasteiger partial charge on any atom is 0.318 e. The number of aromatic hydroxyl groups is 1. The van der Waals surface area contributed by atoms with Crippen LogP contribution >= 0.6 is 0 Å². The van der Waals surface area contributed by atoms with Crippen LogP contribution in [0.25, 0.3) is 10.8 Å². The number of rotatable bonds is 5. The fourth-order valence-electron chi connectivity index (χ4n) is 4.78. The Morgan fingerprint density at radius 1 is 1.13 bits per heavy atom. The second kappa shape index (κ2) is 8.23. The van der Waals surface area contributed by atoms with Gasteiger partial charge in [0.05, 0.1) is 12.2 Å². The van der Waals surface area contributed by atoms with Gasteiger partial charge in [0.25, 0.3) is 0 Å². The first kappa shape index (κ1) is 19.9. The number of hydrogen-bond donors (Lipinski definition) is 2. The summed E-state index contributed by atoms with van der Waals surface area (Å²) in [7, 11) is 0. The third-order valence-electron chi connectivity index (χ3n) is 6.26. The van der Waals surface area contributed by atoms with Crippen molar-refractivity contribution in [2.24, 2.45) is 0 Å². The average molecular weight is 420 g/mol. The van der Waals surface area contributed by atoms with E-state index in [-0.39, 0.29) is 11.9 Å². The van der Waals surface area contributed by atoms with Crippen LogP contribution in [-0.2, 0) is 13.0 Å². The summed E-state index contributed by atoms with van der Waals surface area (Å²) in [5.41, 5.74) is 9.18. The second-order valence-electron chi connectivity index (χ2n) is 8.61. The Balaban J connectivity index is 1.39. The summed E-state index contributed by atoms with van der Waals surface area (Å²) < 4.78 is 6.05. The summed E-state index contributed by atoms with van der Waals surface area (Å²) in [5.74, 6) is 0.773. The van der Waals surface area contributed by atoms with Crippen LogP contribution in [0.2, 0.25) is 0 Å². The van der Waals surface area contributed by atoms with Gasteiger partial charge in [0.2, 0.25) is 0 Å². The molecule has 3 N–H and O–H groups in total. The number of hydrogen-bond acceptors (Lipinski definition) is 7. The topological polar surface area (TPSA) is 87.7 Å². The Morgan fingerprint density at radius 2 is 1.94 bits per heavy atom. The Labute approximate surface area is 182 Å². The minimum absolute atomic E-state index is 0.00487. The molecule has 1 fully saturated rings. The fourth-order valence-corrected chi connectivity index (χ4v) is 4.78. The van der Waals surface area contributed by atoms with Crippen molar-refractivity contribution in [1.82, 2.24) is 14.9 Å². The Hall–Kier alpha value is -3.06. The summed E-state index contributed by atoms with van der Waals surface area (Å²) in [4.78, 5) is 13.8. The summed E-state index contributed by atoms with van der Waals surface area (Å²) in [6, 6.07) is 12.1. The van der Waals surface area contributed by atoms with Crippen LogP contribution in [0.15, 0.2) is 36.4 Å². The predicted octanol–water partition coefficient (Wildman–Crippen LogP) is 3.34. The molecule has 2 aromatic carbocycles. The molecule has 3 heterocycles. The highest BCUT2D eigenvalue weighted by molar-refractivity contribution is 5.95. The van der Waals surface area contributed by atoms with Gasteiger partial charge in [0.1, 0.15) is 17.7 Å². The van der Waals surface area contributed by atoms with Crippen molar-refractivity contribution in [2.75, 3.05) is 36.8 Å². The largest absolute Gasteiger partial charge is 0.508 e. The van der Waals surface area contributed by atoms with Crippen molar-refractivity contribution in [3.63, 3.8) is 0 Å². The SMILES string of the molecule is C[C@H](CN1CCCC1)Oc1nc(N)c2c(n1)CN(c1cc(O)cc3ccccc13)CC2. The zero-order chi connectivity index (χ0) is 21.4. The van der Waals surface area contributed by atoms with Crippen LogP contribution in [0.3, 0.4) is 0 Å². The van der Waals surface area contributed by atoms with Crippen molar-refractivity contribution in [3.05, 3.63) is 47.7 Å². The molecule has 1 saturated heterocycles. The second-order valence-corrected chi connectivity index (χ2v) is 8.61. The molecule has 7 nitrogen and oxygen atoms in total. The molecular weight excluding hydrogens is 390 g/mol. The van der Waals surface area contributed by atoms with E-state index >= 15 is 0 Å². The molecule has 2 aliphatic heterocycles. The smallest absolute Gasteiger partial charge is 0.318 e. The Bertz CT molecular complexity index is 1100. The number of anilines is 2. The first-order chi connectivity index (χ1) is 15.1. The van der Waals surface area contributed by atoms with Crippen LogP contribution in [0.1, 0.15) is 31.0 Å². The van der Waals surface area contributed by atoms with E-state index in [0.29, 0.717) is 18.4 Å². The summed E-state index contributed by atoms with van der Waals surface area (Å²) >= 11 is 0. The molecule has 0 unspecified atom stereocenters. The molecule has 162 valence electrons. The molecule has 0 radical (unpaired) electrons. The van der Waals surface area contributed by atoms with Gasteiger partial charge in [-0.2, -0.15) is 9.97 Å². The number of likely N-dealkylation sites (tertiary alicyclic amines) is 1. The van der Waals surface area contributed by atoms with Crippen molar-refractivity contribution in [3.8, 4) is 11.8 Å². The number of aromatic nitrogens is 2. The van der Waals surface area contributed by atoms with Gasteiger partial charge in [0, 0.05) is 35.8 Å². The van der Waals surface area contributed by atoms with Crippen LogP contribution in [0, 0.1) is 0 Å². The van der Waals surface area contributed by atoms with Gasteiger partial charge < -0.3 is 20.5 Å². The molecule has 3 aromatic rings. The lowest BCUT2D eigenvalue weighted by Crippen LogP contribution is -2.34. The summed E-state index contributed by atoms with van der Waals surface area (Å²) in [6.45, 7) is 6.59. The van der Waals surface area contributed by atoms with Crippen LogP contribution in [0.5, 0.6) is 11.8 Å². The maximum absolute atomic E-state index is 10.2. The van der Waals surface area contributed by atoms with Gasteiger partial charge in [0.15, 0.2) is 0 Å². The van der Waals surface area contributed by atoms with E-state index in [0.717, 1.165) is 60.3 Å². The fraction of sp³-hybridized carbons (Fsp3) is 0.417. The summed E-state index contributed by atoms with van der Waals surface area (Å²) in [6.07, 6.45) is 3.28. The number of benzene rings is 2. The van der Waals surface area contributed by atoms with Crippen molar-refractivity contribution < 1.29 is 9.84 Å². The standard InChI is InChI=1S/C24H29N5O2/c1-16(14-28-9-4-5-10-28)31-24-26-21-15-29(11-8-20(21)23(25)27-24)22-13-18(30)12-17-6-2-3-7-19(17)22/h2-3,6-7,12-13,16,30H,4-5,8-11,14-15H2,1H3,(H2,25,26,27)/t16-/m1/s1. The van der Waals surface area contributed by atoms with Gasteiger partial charge in [-0.25, -0.2) is 0 Å². The Morgan fingerprint density at radius 3 is 2.77 bits per heavy atom. The van der Waals surface area contributed by atoms with Crippen LogP contribution in [-0.4, -0.2) is 52.3 Å². The van der Waals surface area contributed by atoms with E-state index in [1.165, 1.54) is 12.8 Å². The predicted molar refractivity (Wildman–Crippen MR) is 123 cm³/mol. The molecule has 1 aromatic heterocycles. The van der Waals surface area contributed by atoms with Gasteiger partial charge >= 0.3 is 6.01 Å². The van der Waals surface area contributed by atoms with Crippen molar-refractivity contribution in [2.45, 2.75) is 38.8 Å². The number of ether oxygens (including phenoxy) is 1. The van der Waals surface area contributed by atoms with Gasteiger partial charge in [-0.15, -0.1) is 0 Å². The molecule has 7 heteroatoms. The molecule has 0 saturated carbocycles. The minimum Gasteiger partial charge on any atom is -0.508 e. The number of phenolic OH excluding ortho intramolecular Hbond substituents is 1. The monoisotopic (exact) mass is 419 g/mol. The highest BCUT2D eigenvalue weighted by atomic mass is 16.5. The van der Waals surface area contributed by atoms with E-state index in [2.05, 4.69) is 27.8 Å². The lowest BCUT2D eigenvalue weighted by Gasteiger charge is -2.31. The zero-order valence-corrected chi connectivity index (χ0v) is 17.9. The number of nitrogens with two attached hydrogens (primary N) is 1. The number of fused-ring (bicyclic) bond motifs is 2. The van der Waals surface area contributed by atoms with Crippen LogP contribution in [0.4, 0.5) is 11.5 Å². The van der Waals surface area contributed by atoms with E-state index in [1.807, 2.05) is 24.3 Å². The van der Waals surface area contributed by atoms with Gasteiger partial charge in [-0.1, -0.05) is 24.3 Å². The van der Waals surface area contributed by atoms with E-state index < -0.39 is 0 Å². The lowest BCUT2D eigenvalue weighted by atomic mass is 10.0. The molecular formula is C24H29N5O2. The zero-order valence-electron chi connectivity index (χ0n) is 17.9. The molecule has 0 aliphatic carbocycles. The van der Waals surface area contributed by atoms with Crippen molar-refractivity contribution in [1.29, 1.82) is 0 Å². The molecule has 0 amide bonds. The highest BCUT2D eigenvalue weighted by Crippen LogP contribution is 2.35. The molecule has 0 spiro atoms. The van der Waals surface area contributed by atoms with E-state index in [4.69, 9.17) is 15.5 Å². The number of nitrogen functional groups attached to an aromatic ring is 1. The third kappa shape index (κ3) is 4.10. The van der Waals surface area contributed by atoms with Gasteiger partial charge in [-0.05, 0) is 50.7 Å². The molecule has 2 aliphatic rings. The molecule has 31 heavy (non-hydrogen) atoms. The highest BCUT2D eigenvalue weighted by Gasteiger charge is 2.24.